The van der Waals surface area contributed by atoms with E-state index in [4.69, 9.17) is 19.9 Å². The van der Waals surface area contributed by atoms with E-state index < -0.39 is 0 Å². The molecule has 0 amide bonds. The molecule has 4 nitrogen and oxygen atoms in total. The zero-order valence-electron chi connectivity index (χ0n) is 24.1. The fraction of sp³-hybridized carbons (Fsp3) is 0. The third-order valence-corrected chi connectivity index (χ3v) is 9.46. The molecule has 2 aromatic heterocycles. The number of hydrogen-bond donors (Lipinski definition) is 0. The molecule has 210 valence electrons. The van der Waals surface area contributed by atoms with Gasteiger partial charge in [-0.15, -0.1) is 11.3 Å². The lowest BCUT2D eigenvalue weighted by Gasteiger charge is -2.09. The van der Waals surface area contributed by atoms with Crippen molar-refractivity contribution in [1.82, 2.24) is 19.9 Å². The van der Waals surface area contributed by atoms with E-state index in [1.165, 1.54) is 37.2 Å². The second-order valence-electron chi connectivity index (χ2n) is 11.1. The number of fused-ring (bicyclic) bond motifs is 6. The molecule has 0 atom stereocenters. The molecular formula is C40H24N4S. The van der Waals surface area contributed by atoms with Gasteiger partial charge in [0.25, 0.3) is 0 Å². The predicted octanol–water partition coefficient (Wildman–Crippen LogP) is 10.6. The first-order chi connectivity index (χ1) is 22.3. The van der Waals surface area contributed by atoms with Crippen molar-refractivity contribution in [3.05, 3.63) is 146 Å². The summed E-state index contributed by atoms with van der Waals surface area (Å²) in [5.41, 5.74) is 5.04. The molecule has 5 heteroatoms. The van der Waals surface area contributed by atoms with Gasteiger partial charge in [-0.05, 0) is 45.1 Å². The van der Waals surface area contributed by atoms with E-state index in [0.29, 0.717) is 17.5 Å². The van der Waals surface area contributed by atoms with E-state index in [0.717, 1.165) is 32.6 Å². The van der Waals surface area contributed by atoms with Crippen LogP contribution >= 0.6 is 11.3 Å². The van der Waals surface area contributed by atoms with E-state index in [-0.39, 0.29) is 0 Å². The van der Waals surface area contributed by atoms with Gasteiger partial charge in [-0.1, -0.05) is 127 Å². The number of aromatic nitrogens is 4. The Labute approximate surface area is 263 Å². The number of thiazole rings is 1. The smallest absolute Gasteiger partial charge is 0.164 e. The molecule has 0 fully saturated rings. The summed E-state index contributed by atoms with van der Waals surface area (Å²) in [5, 5.41) is 8.29. The SMILES string of the molecule is c1ccc(-c2nc(-c3ccccc3)nc(-c3ccc4c(ccc5nc(-c6cc7ccccc7c7ccccc67)sc54)c3)n2)cc1. The fourth-order valence-electron chi connectivity index (χ4n) is 6.14. The molecule has 0 aliphatic heterocycles. The van der Waals surface area contributed by atoms with Crippen LogP contribution in [0.5, 0.6) is 0 Å². The van der Waals surface area contributed by atoms with E-state index in [1.807, 2.05) is 60.7 Å². The van der Waals surface area contributed by atoms with Gasteiger partial charge in [-0.25, -0.2) is 19.9 Å². The second-order valence-corrected chi connectivity index (χ2v) is 12.1. The lowest BCUT2D eigenvalue weighted by Crippen LogP contribution is -2.00. The Hall–Kier alpha value is -5.78. The lowest BCUT2D eigenvalue weighted by atomic mass is 9.97. The number of rotatable bonds is 4. The first-order valence-corrected chi connectivity index (χ1v) is 15.7. The van der Waals surface area contributed by atoms with Crippen LogP contribution in [0.25, 0.3) is 87.3 Å². The highest BCUT2D eigenvalue weighted by Crippen LogP contribution is 2.41. The van der Waals surface area contributed by atoms with Crippen LogP contribution in [-0.2, 0) is 0 Å². The molecule has 0 unspecified atom stereocenters. The van der Waals surface area contributed by atoms with Crippen LogP contribution < -0.4 is 0 Å². The van der Waals surface area contributed by atoms with Crippen LogP contribution in [0.4, 0.5) is 0 Å². The number of hydrogen-bond acceptors (Lipinski definition) is 5. The van der Waals surface area contributed by atoms with Crippen molar-refractivity contribution in [2.45, 2.75) is 0 Å². The van der Waals surface area contributed by atoms with Gasteiger partial charge >= 0.3 is 0 Å². The standard InChI is InChI=1S/C40H24N4S/c1-3-11-25(12-4-1)37-42-38(26-13-5-2-6-14-26)44-39(43-37)29-19-21-31-28(23-29)20-22-35-36(31)45-40(41-35)34-24-27-15-7-8-16-30(27)32-17-9-10-18-33(32)34/h1-24H. The molecule has 45 heavy (non-hydrogen) atoms. The minimum absolute atomic E-state index is 0.650. The summed E-state index contributed by atoms with van der Waals surface area (Å²) in [4.78, 5) is 19.9. The average Bonchev–Trinajstić information content (AvgIpc) is 3.56. The molecule has 9 rings (SSSR count). The molecule has 0 bridgehead atoms. The minimum atomic E-state index is 0.650. The molecule has 0 spiro atoms. The number of nitrogens with zero attached hydrogens (tertiary/aromatic N) is 4. The first-order valence-electron chi connectivity index (χ1n) is 14.9. The molecule has 0 N–H and O–H groups in total. The van der Waals surface area contributed by atoms with Gasteiger partial charge in [0.2, 0.25) is 0 Å². The van der Waals surface area contributed by atoms with E-state index >= 15 is 0 Å². The Morgan fingerprint density at radius 3 is 1.67 bits per heavy atom. The van der Waals surface area contributed by atoms with Gasteiger partial charge in [0.15, 0.2) is 17.5 Å². The second kappa shape index (κ2) is 10.4. The highest BCUT2D eigenvalue weighted by Gasteiger charge is 2.16. The van der Waals surface area contributed by atoms with Gasteiger partial charge in [-0.2, -0.15) is 0 Å². The fourth-order valence-corrected chi connectivity index (χ4v) is 7.27. The van der Waals surface area contributed by atoms with Crippen LogP contribution in [-0.4, -0.2) is 19.9 Å². The maximum Gasteiger partial charge on any atom is 0.164 e. The molecular weight excluding hydrogens is 569 g/mol. The van der Waals surface area contributed by atoms with Crippen molar-refractivity contribution in [3.63, 3.8) is 0 Å². The van der Waals surface area contributed by atoms with Crippen LogP contribution in [0.2, 0.25) is 0 Å². The Bertz CT molecular complexity index is 2480. The summed E-state index contributed by atoms with van der Waals surface area (Å²) in [6.07, 6.45) is 0. The Balaban J connectivity index is 1.19. The first kappa shape index (κ1) is 25.7. The Morgan fingerprint density at radius 2 is 0.956 bits per heavy atom. The third-order valence-electron chi connectivity index (χ3n) is 8.33. The molecule has 0 radical (unpaired) electrons. The zero-order valence-corrected chi connectivity index (χ0v) is 24.9. The van der Waals surface area contributed by atoms with Crippen molar-refractivity contribution in [3.8, 4) is 44.7 Å². The summed E-state index contributed by atoms with van der Waals surface area (Å²) in [6, 6.07) is 50.4. The predicted molar refractivity (Wildman–Crippen MR) is 187 cm³/mol. The molecule has 7 aromatic carbocycles. The molecule has 0 saturated carbocycles. The van der Waals surface area contributed by atoms with Crippen LogP contribution in [0.1, 0.15) is 0 Å². The average molecular weight is 593 g/mol. The summed E-state index contributed by atoms with van der Waals surface area (Å²) in [6.45, 7) is 0. The van der Waals surface area contributed by atoms with E-state index in [9.17, 15) is 0 Å². The van der Waals surface area contributed by atoms with Crippen molar-refractivity contribution in [1.29, 1.82) is 0 Å². The van der Waals surface area contributed by atoms with Crippen molar-refractivity contribution < 1.29 is 0 Å². The van der Waals surface area contributed by atoms with E-state index in [2.05, 4.69) is 84.9 Å². The van der Waals surface area contributed by atoms with Gasteiger partial charge in [0, 0.05) is 27.6 Å². The summed E-state index contributed by atoms with van der Waals surface area (Å²) in [7, 11) is 0. The third kappa shape index (κ3) is 4.44. The van der Waals surface area contributed by atoms with Gasteiger partial charge < -0.3 is 0 Å². The van der Waals surface area contributed by atoms with Crippen LogP contribution in [0.15, 0.2) is 146 Å². The van der Waals surface area contributed by atoms with E-state index in [1.54, 1.807) is 11.3 Å². The topological polar surface area (TPSA) is 51.6 Å². The Kier molecular flexibility index (Phi) is 5.96. The molecule has 0 aliphatic rings. The van der Waals surface area contributed by atoms with Crippen LogP contribution in [0, 0.1) is 0 Å². The zero-order chi connectivity index (χ0) is 29.7. The van der Waals surface area contributed by atoms with Crippen molar-refractivity contribution in [2.24, 2.45) is 0 Å². The highest BCUT2D eigenvalue weighted by atomic mass is 32.1. The molecule has 9 aromatic rings. The summed E-state index contributed by atoms with van der Waals surface area (Å²) in [5.74, 6) is 1.96. The molecule has 0 aliphatic carbocycles. The molecule has 2 heterocycles. The van der Waals surface area contributed by atoms with Gasteiger partial charge in [0.1, 0.15) is 5.01 Å². The maximum atomic E-state index is 5.15. The molecule has 0 saturated heterocycles. The van der Waals surface area contributed by atoms with Gasteiger partial charge in [0.05, 0.1) is 10.2 Å². The maximum absolute atomic E-state index is 5.15. The quantitative estimate of drug-likeness (QED) is 0.191. The van der Waals surface area contributed by atoms with Crippen molar-refractivity contribution in [2.75, 3.05) is 0 Å². The lowest BCUT2D eigenvalue weighted by molar-refractivity contribution is 1.07. The largest absolute Gasteiger partial charge is 0.236 e. The Morgan fingerprint density at radius 1 is 0.378 bits per heavy atom. The number of benzene rings is 7. The summed E-state index contributed by atoms with van der Waals surface area (Å²) >= 11 is 1.75. The van der Waals surface area contributed by atoms with Crippen molar-refractivity contribution >= 4 is 53.9 Å². The summed E-state index contributed by atoms with van der Waals surface area (Å²) < 4.78 is 1.18. The van der Waals surface area contributed by atoms with Gasteiger partial charge in [-0.3, -0.25) is 0 Å². The highest BCUT2D eigenvalue weighted by molar-refractivity contribution is 7.22. The monoisotopic (exact) mass is 592 g/mol. The minimum Gasteiger partial charge on any atom is -0.236 e. The normalized spacial score (nSPS) is 11.6. The van der Waals surface area contributed by atoms with Crippen LogP contribution in [0.3, 0.4) is 0 Å².